The van der Waals surface area contributed by atoms with Crippen LogP contribution in [0.3, 0.4) is 0 Å². The van der Waals surface area contributed by atoms with E-state index < -0.39 is 0 Å². The Morgan fingerprint density at radius 1 is 1.44 bits per heavy atom. The van der Waals surface area contributed by atoms with Crippen LogP contribution in [0.15, 0.2) is 24.3 Å². The molecule has 1 aromatic heterocycles. The van der Waals surface area contributed by atoms with Gasteiger partial charge >= 0.3 is 0 Å². The first kappa shape index (κ1) is 16.3. The summed E-state index contributed by atoms with van der Waals surface area (Å²) >= 11 is 1.55. The van der Waals surface area contributed by atoms with Gasteiger partial charge in [-0.05, 0) is 48.4 Å². The molecular formula is C20H21N3OS. The SMILES string of the molecule is CCc1ccccc1C1CC1C(=O)Nc1sc2c(c1C#N)CCNC2. The van der Waals surface area contributed by atoms with E-state index in [0.29, 0.717) is 11.5 Å². The van der Waals surface area contributed by atoms with E-state index in [1.807, 2.05) is 0 Å². The van der Waals surface area contributed by atoms with Gasteiger partial charge in [0.2, 0.25) is 5.91 Å². The maximum absolute atomic E-state index is 12.7. The molecular weight excluding hydrogens is 330 g/mol. The quantitative estimate of drug-likeness (QED) is 0.885. The highest BCUT2D eigenvalue weighted by Crippen LogP contribution is 2.49. The van der Waals surface area contributed by atoms with Crippen molar-refractivity contribution in [3.05, 3.63) is 51.4 Å². The number of hydrogen-bond acceptors (Lipinski definition) is 4. The minimum absolute atomic E-state index is 0.0245. The molecule has 25 heavy (non-hydrogen) atoms. The highest BCUT2D eigenvalue weighted by atomic mass is 32.1. The third-order valence-corrected chi connectivity index (χ3v) is 6.39. The molecule has 1 amide bonds. The summed E-state index contributed by atoms with van der Waals surface area (Å²) in [5.41, 5.74) is 4.42. The molecule has 2 atom stereocenters. The normalized spacial score (nSPS) is 21.3. The number of nitrogens with one attached hydrogen (secondary N) is 2. The summed E-state index contributed by atoms with van der Waals surface area (Å²) in [5.74, 6) is 0.397. The van der Waals surface area contributed by atoms with Gasteiger partial charge in [0.15, 0.2) is 0 Å². The minimum Gasteiger partial charge on any atom is -0.316 e. The summed E-state index contributed by atoms with van der Waals surface area (Å²) in [6.45, 7) is 3.84. The topological polar surface area (TPSA) is 64.9 Å². The summed E-state index contributed by atoms with van der Waals surface area (Å²) in [7, 11) is 0. The lowest BCUT2D eigenvalue weighted by atomic mass is 10.00. The largest absolute Gasteiger partial charge is 0.316 e. The van der Waals surface area contributed by atoms with Gasteiger partial charge in [-0.25, -0.2) is 0 Å². The molecule has 0 saturated heterocycles. The average molecular weight is 351 g/mol. The van der Waals surface area contributed by atoms with Gasteiger partial charge in [0.05, 0.1) is 5.56 Å². The van der Waals surface area contributed by atoms with Crippen molar-refractivity contribution >= 4 is 22.2 Å². The Morgan fingerprint density at radius 3 is 3.08 bits per heavy atom. The van der Waals surface area contributed by atoms with E-state index in [1.54, 1.807) is 11.3 Å². The van der Waals surface area contributed by atoms with Crippen LogP contribution in [0, 0.1) is 17.2 Å². The van der Waals surface area contributed by atoms with Gasteiger partial charge in [-0.3, -0.25) is 4.79 Å². The van der Waals surface area contributed by atoms with Crippen molar-refractivity contribution in [2.45, 2.75) is 38.6 Å². The zero-order valence-corrected chi connectivity index (χ0v) is 15.1. The number of carbonyl (C=O) groups excluding carboxylic acids is 1. The molecule has 2 aromatic rings. The fourth-order valence-corrected chi connectivity index (χ4v) is 4.96. The van der Waals surface area contributed by atoms with E-state index in [4.69, 9.17) is 0 Å². The molecule has 2 unspecified atom stereocenters. The fourth-order valence-electron chi connectivity index (χ4n) is 3.79. The first-order chi connectivity index (χ1) is 12.2. The third-order valence-electron chi connectivity index (χ3n) is 5.24. The molecule has 1 aliphatic carbocycles. The lowest BCUT2D eigenvalue weighted by molar-refractivity contribution is -0.117. The highest BCUT2D eigenvalue weighted by molar-refractivity contribution is 7.16. The lowest BCUT2D eigenvalue weighted by Crippen LogP contribution is -2.22. The Bertz CT molecular complexity index is 864. The van der Waals surface area contributed by atoms with Crippen LogP contribution in [0.1, 0.15) is 46.4 Å². The van der Waals surface area contributed by atoms with Crippen molar-refractivity contribution in [3.8, 4) is 6.07 Å². The van der Waals surface area contributed by atoms with Crippen LogP contribution < -0.4 is 10.6 Å². The van der Waals surface area contributed by atoms with Gasteiger partial charge in [0, 0.05) is 17.3 Å². The number of thiophene rings is 1. The molecule has 1 fully saturated rings. The van der Waals surface area contributed by atoms with Crippen molar-refractivity contribution in [2.75, 3.05) is 11.9 Å². The lowest BCUT2D eigenvalue weighted by Gasteiger charge is -2.11. The second-order valence-corrected chi connectivity index (χ2v) is 7.84. The number of nitrogens with zero attached hydrogens (tertiary/aromatic N) is 1. The maximum atomic E-state index is 12.7. The molecule has 128 valence electrons. The molecule has 1 aromatic carbocycles. The van der Waals surface area contributed by atoms with Gasteiger partial charge in [0.1, 0.15) is 11.1 Å². The molecule has 4 nitrogen and oxygen atoms in total. The molecule has 4 rings (SSSR count). The number of amides is 1. The fraction of sp³-hybridized carbons (Fsp3) is 0.400. The zero-order chi connectivity index (χ0) is 17.4. The van der Waals surface area contributed by atoms with Crippen molar-refractivity contribution in [3.63, 3.8) is 0 Å². The van der Waals surface area contributed by atoms with Crippen LogP contribution in [0.4, 0.5) is 5.00 Å². The average Bonchev–Trinajstić information content (AvgIpc) is 3.37. The van der Waals surface area contributed by atoms with Crippen LogP contribution >= 0.6 is 11.3 Å². The van der Waals surface area contributed by atoms with Gasteiger partial charge in [-0.1, -0.05) is 31.2 Å². The molecule has 0 radical (unpaired) electrons. The number of nitriles is 1. The first-order valence-corrected chi connectivity index (χ1v) is 9.68. The van der Waals surface area contributed by atoms with Crippen LogP contribution in [-0.4, -0.2) is 12.5 Å². The predicted molar refractivity (Wildman–Crippen MR) is 99.7 cm³/mol. The van der Waals surface area contributed by atoms with E-state index >= 15 is 0 Å². The standard InChI is InChI=1S/C20H21N3OS/c1-2-12-5-3-4-6-13(12)15-9-16(15)19(24)23-20-17(10-21)14-7-8-22-11-18(14)25-20/h3-6,15-16,22H,2,7-9,11H2,1H3,(H,23,24). The number of benzene rings is 1. The second-order valence-electron chi connectivity index (χ2n) is 6.74. The molecule has 5 heteroatoms. The van der Waals surface area contributed by atoms with E-state index in [1.165, 1.54) is 16.0 Å². The number of rotatable bonds is 4. The summed E-state index contributed by atoms with van der Waals surface area (Å²) in [5, 5.41) is 16.6. The molecule has 0 bridgehead atoms. The highest BCUT2D eigenvalue weighted by Gasteiger charge is 2.45. The Balaban J connectivity index is 1.51. The molecule has 2 aliphatic rings. The van der Waals surface area contributed by atoms with E-state index in [-0.39, 0.29) is 11.8 Å². The van der Waals surface area contributed by atoms with Gasteiger partial charge in [-0.2, -0.15) is 5.26 Å². The number of hydrogen-bond donors (Lipinski definition) is 2. The summed E-state index contributed by atoms with van der Waals surface area (Å²) in [4.78, 5) is 13.9. The van der Waals surface area contributed by atoms with Crippen LogP contribution in [0.2, 0.25) is 0 Å². The van der Waals surface area contributed by atoms with Crippen LogP contribution in [0.5, 0.6) is 0 Å². The Labute approximate surface area is 151 Å². The van der Waals surface area contributed by atoms with Crippen LogP contribution in [-0.2, 0) is 24.2 Å². The minimum atomic E-state index is 0.0245. The van der Waals surface area contributed by atoms with Crippen molar-refractivity contribution < 1.29 is 4.79 Å². The number of aryl methyl sites for hydroxylation is 1. The zero-order valence-electron chi connectivity index (χ0n) is 14.3. The second kappa shape index (κ2) is 6.62. The first-order valence-electron chi connectivity index (χ1n) is 8.87. The monoisotopic (exact) mass is 351 g/mol. The number of fused-ring (bicyclic) bond motifs is 1. The van der Waals surface area contributed by atoms with Gasteiger partial charge in [0.25, 0.3) is 0 Å². The molecule has 0 spiro atoms. The summed E-state index contributed by atoms with van der Waals surface area (Å²) < 4.78 is 0. The summed E-state index contributed by atoms with van der Waals surface area (Å²) in [6.07, 6.45) is 2.75. The van der Waals surface area contributed by atoms with Gasteiger partial charge < -0.3 is 10.6 Å². The van der Waals surface area contributed by atoms with Crippen molar-refractivity contribution in [1.29, 1.82) is 5.26 Å². The van der Waals surface area contributed by atoms with E-state index in [9.17, 15) is 10.1 Å². The molecule has 1 aliphatic heterocycles. The summed E-state index contributed by atoms with van der Waals surface area (Å²) in [6, 6.07) is 10.7. The Hall–Kier alpha value is -2.16. The van der Waals surface area contributed by atoms with Gasteiger partial charge in [-0.15, -0.1) is 11.3 Å². The number of carbonyl (C=O) groups is 1. The van der Waals surface area contributed by atoms with Crippen LogP contribution in [0.25, 0.3) is 0 Å². The maximum Gasteiger partial charge on any atom is 0.228 e. The van der Waals surface area contributed by atoms with Crippen molar-refractivity contribution in [1.82, 2.24) is 5.32 Å². The molecule has 1 saturated carbocycles. The van der Waals surface area contributed by atoms with Crippen molar-refractivity contribution in [2.24, 2.45) is 5.92 Å². The molecule has 2 heterocycles. The predicted octanol–water partition coefficient (Wildman–Crippen LogP) is 3.57. The smallest absolute Gasteiger partial charge is 0.228 e. The van der Waals surface area contributed by atoms with E-state index in [0.717, 1.165) is 42.9 Å². The Kier molecular flexibility index (Phi) is 4.32. The number of anilines is 1. The molecule has 2 N–H and O–H groups in total. The third kappa shape index (κ3) is 2.97. The van der Waals surface area contributed by atoms with E-state index in [2.05, 4.69) is 47.9 Å². The Morgan fingerprint density at radius 2 is 2.28 bits per heavy atom.